The van der Waals surface area contributed by atoms with Crippen molar-refractivity contribution in [2.24, 2.45) is 0 Å². The lowest BCUT2D eigenvalue weighted by Gasteiger charge is -2.12. The molecule has 1 heterocycles. The van der Waals surface area contributed by atoms with Crippen LogP contribution in [0.15, 0.2) is 59.9 Å². The minimum Gasteiger partial charge on any atom is -0.349 e. The summed E-state index contributed by atoms with van der Waals surface area (Å²) in [5.41, 5.74) is 1.95. The zero-order valence-electron chi connectivity index (χ0n) is 15.7. The van der Waals surface area contributed by atoms with Crippen LogP contribution in [0.25, 0.3) is 5.69 Å². The highest BCUT2D eigenvalue weighted by Gasteiger charge is 2.24. The summed E-state index contributed by atoms with van der Waals surface area (Å²) < 4.78 is 15.0. The molecule has 29 heavy (non-hydrogen) atoms. The van der Waals surface area contributed by atoms with Gasteiger partial charge in [-0.15, -0.1) is 0 Å². The van der Waals surface area contributed by atoms with Gasteiger partial charge in [-0.25, -0.2) is 9.37 Å². The Morgan fingerprint density at radius 2 is 1.90 bits per heavy atom. The first kappa shape index (κ1) is 19.2. The molecule has 1 aliphatic carbocycles. The van der Waals surface area contributed by atoms with Gasteiger partial charge in [-0.05, 0) is 61.6 Å². The fraction of sp³-hybridized carbons (Fsp3) is 0.190. The molecule has 8 heteroatoms. The SMILES string of the molecule is CSc1ncc(C(=O)Nc2cccc(C(=O)NC3CC3)c2)n1-c1ccc(F)cc1. The second-order valence-electron chi connectivity index (χ2n) is 6.72. The number of nitrogens with zero attached hydrogens (tertiary/aromatic N) is 2. The maximum atomic E-state index is 13.3. The summed E-state index contributed by atoms with van der Waals surface area (Å²) in [7, 11) is 0. The van der Waals surface area contributed by atoms with Crippen LogP contribution < -0.4 is 10.6 Å². The highest BCUT2D eigenvalue weighted by Crippen LogP contribution is 2.23. The van der Waals surface area contributed by atoms with Crippen molar-refractivity contribution in [2.45, 2.75) is 24.0 Å². The monoisotopic (exact) mass is 410 g/mol. The van der Waals surface area contributed by atoms with Crippen molar-refractivity contribution in [3.63, 3.8) is 0 Å². The summed E-state index contributed by atoms with van der Waals surface area (Å²) in [6, 6.07) is 12.9. The summed E-state index contributed by atoms with van der Waals surface area (Å²) >= 11 is 1.38. The molecular weight excluding hydrogens is 391 g/mol. The zero-order chi connectivity index (χ0) is 20.4. The lowest BCUT2D eigenvalue weighted by atomic mass is 10.2. The molecule has 0 saturated heterocycles. The highest BCUT2D eigenvalue weighted by molar-refractivity contribution is 7.98. The number of benzene rings is 2. The van der Waals surface area contributed by atoms with Crippen molar-refractivity contribution in [1.29, 1.82) is 0 Å². The van der Waals surface area contributed by atoms with Crippen LogP contribution in [0.3, 0.4) is 0 Å². The summed E-state index contributed by atoms with van der Waals surface area (Å²) in [5, 5.41) is 6.36. The van der Waals surface area contributed by atoms with Gasteiger partial charge >= 0.3 is 0 Å². The fourth-order valence-electron chi connectivity index (χ4n) is 2.91. The third kappa shape index (κ3) is 4.32. The number of hydrogen-bond acceptors (Lipinski definition) is 4. The van der Waals surface area contributed by atoms with Crippen LogP contribution in [-0.2, 0) is 0 Å². The first-order valence-corrected chi connectivity index (χ1v) is 10.4. The van der Waals surface area contributed by atoms with Crippen molar-refractivity contribution >= 4 is 29.3 Å². The highest BCUT2D eigenvalue weighted by atomic mass is 32.2. The topological polar surface area (TPSA) is 76.0 Å². The molecule has 6 nitrogen and oxygen atoms in total. The predicted molar refractivity (Wildman–Crippen MR) is 110 cm³/mol. The molecule has 2 amide bonds. The number of imidazole rings is 1. The smallest absolute Gasteiger partial charge is 0.274 e. The van der Waals surface area contributed by atoms with E-state index >= 15 is 0 Å². The van der Waals surface area contributed by atoms with E-state index < -0.39 is 0 Å². The van der Waals surface area contributed by atoms with E-state index in [0.29, 0.717) is 27.8 Å². The van der Waals surface area contributed by atoms with Crippen molar-refractivity contribution in [3.05, 3.63) is 71.8 Å². The number of carbonyl (C=O) groups excluding carboxylic acids is 2. The average molecular weight is 410 g/mol. The average Bonchev–Trinajstić information content (AvgIpc) is 3.43. The lowest BCUT2D eigenvalue weighted by molar-refractivity contribution is 0.0949. The van der Waals surface area contributed by atoms with Gasteiger partial charge in [0.1, 0.15) is 11.5 Å². The molecule has 0 spiro atoms. The number of aromatic nitrogens is 2. The van der Waals surface area contributed by atoms with Gasteiger partial charge in [0.15, 0.2) is 5.16 Å². The van der Waals surface area contributed by atoms with Crippen LogP contribution in [0.2, 0.25) is 0 Å². The number of rotatable bonds is 6. The van der Waals surface area contributed by atoms with E-state index in [1.54, 1.807) is 41.0 Å². The molecule has 0 radical (unpaired) electrons. The Kier molecular flexibility index (Phi) is 5.35. The third-order valence-electron chi connectivity index (χ3n) is 4.52. The molecule has 1 aromatic heterocycles. The maximum Gasteiger partial charge on any atom is 0.274 e. The van der Waals surface area contributed by atoms with E-state index in [4.69, 9.17) is 0 Å². The Labute approximate surface area is 171 Å². The standard InChI is InChI=1S/C21H19FN4O2S/c1-29-21-23-12-18(26(21)17-9-5-14(22)6-10-17)20(28)25-16-4-2-3-13(11-16)19(27)24-15-7-8-15/h2-6,9-12,15H,7-8H2,1H3,(H,24,27)(H,25,28). The summed E-state index contributed by atoms with van der Waals surface area (Å²) in [5.74, 6) is -0.877. The number of amides is 2. The van der Waals surface area contributed by atoms with Gasteiger partial charge in [-0.2, -0.15) is 0 Å². The van der Waals surface area contributed by atoms with Gasteiger partial charge in [0.25, 0.3) is 11.8 Å². The van der Waals surface area contributed by atoms with E-state index in [9.17, 15) is 14.0 Å². The molecule has 0 unspecified atom stereocenters. The number of thioether (sulfide) groups is 1. The number of nitrogens with one attached hydrogen (secondary N) is 2. The van der Waals surface area contributed by atoms with E-state index in [0.717, 1.165) is 12.8 Å². The van der Waals surface area contributed by atoms with Gasteiger partial charge in [0.2, 0.25) is 0 Å². The molecule has 0 bridgehead atoms. The maximum absolute atomic E-state index is 13.3. The normalized spacial score (nSPS) is 13.2. The summed E-state index contributed by atoms with van der Waals surface area (Å²) in [6.45, 7) is 0. The van der Waals surface area contributed by atoms with E-state index in [-0.39, 0.29) is 23.7 Å². The minimum absolute atomic E-state index is 0.148. The molecule has 2 aromatic carbocycles. The number of anilines is 1. The van der Waals surface area contributed by atoms with Crippen LogP contribution in [0.4, 0.5) is 10.1 Å². The van der Waals surface area contributed by atoms with Crippen LogP contribution in [-0.4, -0.2) is 33.7 Å². The number of hydrogen-bond donors (Lipinski definition) is 2. The van der Waals surface area contributed by atoms with Gasteiger partial charge in [-0.3, -0.25) is 14.2 Å². The third-order valence-corrected chi connectivity index (χ3v) is 5.18. The lowest BCUT2D eigenvalue weighted by Crippen LogP contribution is -2.25. The molecule has 1 fully saturated rings. The summed E-state index contributed by atoms with van der Waals surface area (Å²) in [6.07, 6.45) is 5.35. The molecule has 4 rings (SSSR count). The van der Waals surface area contributed by atoms with Gasteiger partial charge in [-0.1, -0.05) is 17.8 Å². The van der Waals surface area contributed by atoms with Gasteiger partial charge in [0.05, 0.1) is 6.20 Å². The largest absolute Gasteiger partial charge is 0.349 e. The molecule has 148 valence electrons. The van der Waals surface area contributed by atoms with Crippen molar-refractivity contribution < 1.29 is 14.0 Å². The van der Waals surface area contributed by atoms with E-state index in [1.165, 1.54) is 30.1 Å². The van der Waals surface area contributed by atoms with E-state index in [1.807, 2.05) is 6.26 Å². The van der Waals surface area contributed by atoms with Gasteiger partial charge in [0, 0.05) is 23.0 Å². The van der Waals surface area contributed by atoms with Crippen molar-refractivity contribution in [1.82, 2.24) is 14.9 Å². The van der Waals surface area contributed by atoms with Crippen LogP contribution in [0.1, 0.15) is 33.7 Å². The van der Waals surface area contributed by atoms with Crippen LogP contribution in [0, 0.1) is 5.82 Å². The second-order valence-corrected chi connectivity index (χ2v) is 7.50. The van der Waals surface area contributed by atoms with Gasteiger partial charge < -0.3 is 10.6 Å². The Hall–Kier alpha value is -3.13. The number of carbonyl (C=O) groups is 2. The Morgan fingerprint density at radius 1 is 1.14 bits per heavy atom. The second kappa shape index (κ2) is 8.08. The molecule has 1 saturated carbocycles. The van der Waals surface area contributed by atoms with Crippen LogP contribution in [0.5, 0.6) is 0 Å². The first-order chi connectivity index (χ1) is 14.0. The summed E-state index contributed by atoms with van der Waals surface area (Å²) in [4.78, 5) is 29.4. The molecule has 3 aromatic rings. The molecule has 1 aliphatic rings. The molecular formula is C21H19FN4O2S. The number of halogens is 1. The zero-order valence-corrected chi connectivity index (χ0v) is 16.5. The fourth-order valence-corrected chi connectivity index (χ4v) is 3.45. The van der Waals surface area contributed by atoms with Crippen molar-refractivity contribution in [2.75, 3.05) is 11.6 Å². The molecule has 2 N–H and O–H groups in total. The Bertz CT molecular complexity index is 1060. The van der Waals surface area contributed by atoms with Crippen LogP contribution >= 0.6 is 11.8 Å². The predicted octanol–water partition coefficient (Wildman–Crippen LogP) is 3.88. The first-order valence-electron chi connectivity index (χ1n) is 9.15. The quantitative estimate of drug-likeness (QED) is 0.605. The Balaban J connectivity index is 1.58. The minimum atomic E-state index is -0.373. The van der Waals surface area contributed by atoms with E-state index in [2.05, 4.69) is 15.6 Å². The molecule has 0 atom stereocenters. The Morgan fingerprint density at radius 3 is 2.59 bits per heavy atom. The molecule has 0 aliphatic heterocycles. The van der Waals surface area contributed by atoms with Crippen molar-refractivity contribution in [3.8, 4) is 5.69 Å².